The van der Waals surface area contributed by atoms with E-state index >= 15 is 0 Å². The number of nitrogens with two attached hydrogens (primary N) is 1. The van der Waals surface area contributed by atoms with Gasteiger partial charge >= 0.3 is 7.12 Å². The first kappa shape index (κ1) is 14.9. The van der Waals surface area contributed by atoms with Crippen molar-refractivity contribution in [2.75, 3.05) is 18.9 Å². The Morgan fingerprint density at radius 3 is 2.38 bits per heavy atom. The Balaban J connectivity index is 1.92. The molecule has 0 amide bonds. The summed E-state index contributed by atoms with van der Waals surface area (Å²) in [5.74, 6) is 0.382. The van der Waals surface area contributed by atoms with Gasteiger partial charge in [-0.25, -0.2) is 0 Å². The van der Waals surface area contributed by atoms with Crippen LogP contribution < -0.4 is 11.2 Å². The highest BCUT2D eigenvalue weighted by Crippen LogP contribution is 2.37. The molecule has 1 unspecified atom stereocenters. The summed E-state index contributed by atoms with van der Waals surface area (Å²) in [6.45, 7) is 9.77. The second-order valence-electron chi connectivity index (χ2n) is 7.00. The molecule has 2 aliphatic heterocycles. The van der Waals surface area contributed by atoms with E-state index in [2.05, 4.69) is 33.8 Å². The second kappa shape index (κ2) is 5.01. The van der Waals surface area contributed by atoms with Crippen LogP contribution in [0.1, 0.15) is 45.6 Å². The third-order valence-corrected chi connectivity index (χ3v) is 5.05. The molecule has 21 heavy (non-hydrogen) atoms. The van der Waals surface area contributed by atoms with Crippen LogP contribution in [0.4, 0.5) is 5.69 Å². The normalized spacial score (nSPS) is 27.2. The summed E-state index contributed by atoms with van der Waals surface area (Å²) in [6, 6.07) is 6.12. The van der Waals surface area contributed by atoms with Crippen LogP contribution in [0.25, 0.3) is 0 Å². The predicted molar refractivity (Wildman–Crippen MR) is 84.7 cm³/mol. The SMILES string of the molecule is CC1(C)OB(c2cccc(C3CCOC3)c2N)OC1(C)C. The van der Waals surface area contributed by atoms with Crippen LogP contribution in [-0.4, -0.2) is 31.5 Å². The fourth-order valence-corrected chi connectivity index (χ4v) is 2.91. The molecule has 114 valence electrons. The Morgan fingerprint density at radius 1 is 1.14 bits per heavy atom. The molecule has 1 aromatic carbocycles. The number of rotatable bonds is 2. The summed E-state index contributed by atoms with van der Waals surface area (Å²) >= 11 is 0. The number of ether oxygens (including phenoxy) is 1. The van der Waals surface area contributed by atoms with Gasteiger partial charge in [0.1, 0.15) is 0 Å². The number of hydrogen-bond donors (Lipinski definition) is 1. The lowest BCUT2D eigenvalue weighted by molar-refractivity contribution is 0.00578. The van der Waals surface area contributed by atoms with E-state index in [1.54, 1.807) is 0 Å². The molecule has 2 N–H and O–H groups in total. The number of benzene rings is 1. The average molecular weight is 289 g/mol. The van der Waals surface area contributed by atoms with Gasteiger partial charge in [0, 0.05) is 23.7 Å². The number of nitrogen functional groups attached to an aromatic ring is 1. The van der Waals surface area contributed by atoms with Crippen LogP contribution >= 0.6 is 0 Å². The van der Waals surface area contributed by atoms with E-state index in [4.69, 9.17) is 19.8 Å². The van der Waals surface area contributed by atoms with E-state index in [0.29, 0.717) is 5.92 Å². The Bertz CT molecular complexity index is 522. The lowest BCUT2D eigenvalue weighted by Gasteiger charge is -2.32. The average Bonchev–Trinajstić information content (AvgIpc) is 2.97. The van der Waals surface area contributed by atoms with E-state index in [-0.39, 0.29) is 11.2 Å². The summed E-state index contributed by atoms with van der Waals surface area (Å²) in [5, 5.41) is 0. The Morgan fingerprint density at radius 2 is 1.81 bits per heavy atom. The van der Waals surface area contributed by atoms with Gasteiger partial charge in [-0.15, -0.1) is 0 Å². The van der Waals surface area contributed by atoms with Gasteiger partial charge in [0.2, 0.25) is 0 Å². The Hall–Kier alpha value is -1.04. The summed E-state index contributed by atoms with van der Waals surface area (Å²) in [4.78, 5) is 0. The minimum absolute atomic E-state index is 0.351. The van der Waals surface area contributed by atoms with Crippen molar-refractivity contribution in [2.45, 2.75) is 51.2 Å². The van der Waals surface area contributed by atoms with Crippen molar-refractivity contribution in [1.29, 1.82) is 0 Å². The lowest BCUT2D eigenvalue weighted by atomic mass is 9.75. The van der Waals surface area contributed by atoms with Crippen LogP contribution in [0.2, 0.25) is 0 Å². The largest absolute Gasteiger partial charge is 0.496 e. The molecule has 0 aliphatic carbocycles. The van der Waals surface area contributed by atoms with Crippen molar-refractivity contribution >= 4 is 18.3 Å². The summed E-state index contributed by atoms with van der Waals surface area (Å²) in [6.07, 6.45) is 1.02. The third-order valence-electron chi connectivity index (χ3n) is 5.05. The second-order valence-corrected chi connectivity index (χ2v) is 7.00. The van der Waals surface area contributed by atoms with Crippen molar-refractivity contribution in [3.8, 4) is 0 Å². The Kier molecular flexibility index (Phi) is 3.55. The third kappa shape index (κ3) is 2.47. The molecule has 1 atom stereocenters. The van der Waals surface area contributed by atoms with Crippen LogP contribution in [0.15, 0.2) is 18.2 Å². The smallest absolute Gasteiger partial charge is 0.399 e. The maximum atomic E-state index is 6.40. The highest BCUT2D eigenvalue weighted by Gasteiger charge is 2.52. The van der Waals surface area contributed by atoms with Gasteiger partial charge < -0.3 is 19.8 Å². The molecule has 0 radical (unpaired) electrons. The number of hydrogen-bond acceptors (Lipinski definition) is 4. The van der Waals surface area contributed by atoms with E-state index in [0.717, 1.165) is 36.3 Å². The van der Waals surface area contributed by atoms with Crippen LogP contribution in [0.5, 0.6) is 0 Å². The topological polar surface area (TPSA) is 53.7 Å². The summed E-state index contributed by atoms with van der Waals surface area (Å²) in [5.41, 5.74) is 8.57. The van der Waals surface area contributed by atoms with Gasteiger partial charge in [-0.05, 0) is 39.7 Å². The quantitative estimate of drug-likeness (QED) is 0.669. The molecule has 0 spiro atoms. The summed E-state index contributed by atoms with van der Waals surface area (Å²) < 4.78 is 17.7. The first-order valence-corrected chi connectivity index (χ1v) is 7.63. The fourth-order valence-electron chi connectivity index (χ4n) is 2.91. The molecule has 0 saturated carbocycles. The van der Waals surface area contributed by atoms with E-state index in [9.17, 15) is 0 Å². The molecule has 0 bridgehead atoms. The molecule has 2 heterocycles. The molecular formula is C16H24BNO3. The van der Waals surface area contributed by atoms with E-state index in [1.165, 1.54) is 0 Å². The van der Waals surface area contributed by atoms with Crippen molar-refractivity contribution in [3.05, 3.63) is 23.8 Å². The van der Waals surface area contributed by atoms with Gasteiger partial charge in [0.15, 0.2) is 0 Å². The molecule has 2 aliphatic rings. The molecule has 2 fully saturated rings. The van der Waals surface area contributed by atoms with Gasteiger partial charge in [-0.2, -0.15) is 0 Å². The Labute approximate surface area is 127 Å². The zero-order valence-electron chi connectivity index (χ0n) is 13.3. The van der Waals surface area contributed by atoms with Gasteiger partial charge in [0.05, 0.1) is 17.8 Å². The number of para-hydroxylation sites is 1. The van der Waals surface area contributed by atoms with Crippen LogP contribution in [0, 0.1) is 0 Å². The minimum Gasteiger partial charge on any atom is -0.399 e. The fraction of sp³-hybridized carbons (Fsp3) is 0.625. The van der Waals surface area contributed by atoms with Crippen molar-refractivity contribution in [3.63, 3.8) is 0 Å². The molecule has 1 aromatic rings. The van der Waals surface area contributed by atoms with E-state index < -0.39 is 7.12 Å². The molecule has 5 heteroatoms. The number of anilines is 1. The first-order chi connectivity index (χ1) is 9.82. The monoisotopic (exact) mass is 289 g/mol. The lowest BCUT2D eigenvalue weighted by Crippen LogP contribution is -2.41. The molecule has 4 nitrogen and oxygen atoms in total. The van der Waals surface area contributed by atoms with Crippen molar-refractivity contribution in [1.82, 2.24) is 0 Å². The van der Waals surface area contributed by atoms with Crippen LogP contribution in [-0.2, 0) is 14.0 Å². The van der Waals surface area contributed by atoms with Gasteiger partial charge in [-0.3, -0.25) is 0 Å². The maximum absolute atomic E-state index is 6.40. The highest BCUT2D eigenvalue weighted by molar-refractivity contribution is 6.64. The zero-order chi connectivity index (χ0) is 15.3. The predicted octanol–water partition coefficient (Wildman–Crippen LogP) is 2.07. The van der Waals surface area contributed by atoms with Crippen molar-refractivity contribution < 1.29 is 14.0 Å². The first-order valence-electron chi connectivity index (χ1n) is 7.63. The zero-order valence-corrected chi connectivity index (χ0v) is 13.3. The molecule has 2 saturated heterocycles. The van der Waals surface area contributed by atoms with Gasteiger partial charge in [-0.1, -0.05) is 18.2 Å². The summed E-state index contributed by atoms with van der Waals surface area (Å²) in [7, 11) is -0.405. The molecule has 0 aromatic heterocycles. The van der Waals surface area contributed by atoms with Gasteiger partial charge in [0.25, 0.3) is 0 Å². The van der Waals surface area contributed by atoms with Crippen LogP contribution in [0.3, 0.4) is 0 Å². The van der Waals surface area contributed by atoms with E-state index in [1.807, 2.05) is 12.1 Å². The molecule has 3 rings (SSSR count). The highest BCUT2D eigenvalue weighted by atomic mass is 16.7. The molecular weight excluding hydrogens is 265 g/mol. The minimum atomic E-state index is -0.405. The standard InChI is InChI=1S/C16H24BNO3/c1-15(2)16(3,4)21-17(20-15)13-7-5-6-12(14(13)18)11-8-9-19-10-11/h5-7,11H,8-10,18H2,1-4H3. The van der Waals surface area contributed by atoms with Crippen molar-refractivity contribution in [2.24, 2.45) is 0 Å². The maximum Gasteiger partial charge on any atom is 0.496 e.